The Bertz CT molecular complexity index is 3760. The zero-order chi connectivity index (χ0) is 40.7. The highest BCUT2D eigenvalue weighted by Crippen LogP contribution is 2.43. The maximum Gasteiger partial charge on any atom is 0.164 e. The van der Waals surface area contributed by atoms with E-state index in [2.05, 4.69) is 197 Å². The molecule has 0 N–H and O–H groups in total. The molecular weight excluding hydrogens is 755 g/mol. The summed E-state index contributed by atoms with van der Waals surface area (Å²) in [6.45, 7) is 0. The third-order valence-electron chi connectivity index (χ3n) is 12.9. The second-order valence-corrected chi connectivity index (χ2v) is 16.6. The lowest BCUT2D eigenvalue weighted by Gasteiger charge is -2.14. The molecule has 62 heavy (non-hydrogen) atoms. The highest BCUT2D eigenvalue weighted by Gasteiger charge is 2.21. The quantitative estimate of drug-likeness (QED) is 0.174. The van der Waals surface area contributed by atoms with Gasteiger partial charge >= 0.3 is 0 Å². The zero-order valence-corrected chi connectivity index (χ0v) is 34.0. The second kappa shape index (κ2) is 13.8. The van der Waals surface area contributed by atoms with Crippen molar-refractivity contribution in [3.05, 3.63) is 200 Å². The van der Waals surface area contributed by atoms with Crippen LogP contribution in [0.3, 0.4) is 0 Å². The number of rotatable bonds is 5. The first kappa shape index (κ1) is 34.9. The lowest BCUT2D eigenvalue weighted by atomic mass is 10.0. The van der Waals surface area contributed by atoms with Crippen molar-refractivity contribution in [3.63, 3.8) is 0 Å². The molecule has 0 saturated carbocycles. The summed E-state index contributed by atoms with van der Waals surface area (Å²) in [5.74, 6) is 2.14. The van der Waals surface area contributed by atoms with Crippen LogP contribution in [0.2, 0.25) is 0 Å². The first-order valence-corrected chi connectivity index (χ1v) is 21.7. The highest BCUT2D eigenvalue weighted by atomic mass is 15.0. The maximum absolute atomic E-state index is 5.06. The van der Waals surface area contributed by atoms with Crippen molar-refractivity contribution in [1.29, 1.82) is 0 Å². The molecule has 0 aliphatic heterocycles. The van der Waals surface area contributed by atoms with Crippen molar-refractivity contribution >= 4 is 87.1 Å². The number of hydrogen-bond acceptors (Lipinski definition) is 3. The van der Waals surface area contributed by atoms with E-state index in [4.69, 9.17) is 15.0 Å². The van der Waals surface area contributed by atoms with Crippen molar-refractivity contribution in [1.82, 2.24) is 24.1 Å². The van der Waals surface area contributed by atoms with Gasteiger partial charge in [0, 0.05) is 54.7 Å². The third-order valence-corrected chi connectivity index (χ3v) is 12.9. The molecule has 0 saturated heterocycles. The van der Waals surface area contributed by atoms with Gasteiger partial charge < -0.3 is 9.13 Å². The number of benzene rings is 8. The lowest BCUT2D eigenvalue weighted by Crippen LogP contribution is -2.05. The summed E-state index contributed by atoms with van der Waals surface area (Å²) in [5, 5.41) is 12.2. The van der Waals surface area contributed by atoms with Crippen molar-refractivity contribution in [2.75, 3.05) is 0 Å². The SMILES string of the molecule is C1=CC(c2nc(C3=CCCC=C3)nc(-c3ccc4cc(-n5c6ccccc6c6cc7c8ccc9ccccc9c8n(-c8cccc9ccccc89)c7cc65)ccc4c3)n2)=CCC1. The molecule has 3 heterocycles. The smallest absolute Gasteiger partial charge is 0.164 e. The van der Waals surface area contributed by atoms with Crippen molar-refractivity contribution in [2.24, 2.45) is 0 Å². The molecule has 0 bridgehead atoms. The molecule has 292 valence electrons. The highest BCUT2D eigenvalue weighted by molar-refractivity contribution is 6.23. The van der Waals surface area contributed by atoms with Crippen LogP contribution in [0.5, 0.6) is 0 Å². The van der Waals surface area contributed by atoms with Crippen LogP contribution in [0.4, 0.5) is 0 Å². The Morgan fingerprint density at radius 3 is 1.76 bits per heavy atom. The van der Waals surface area contributed by atoms with Gasteiger partial charge in [-0.3, -0.25) is 0 Å². The normalized spacial score (nSPS) is 14.3. The third kappa shape index (κ3) is 5.45. The molecule has 2 aliphatic carbocycles. The molecule has 0 spiro atoms. The van der Waals surface area contributed by atoms with Crippen molar-refractivity contribution in [2.45, 2.75) is 25.7 Å². The van der Waals surface area contributed by atoms with E-state index in [9.17, 15) is 0 Å². The minimum atomic E-state index is 0.691. The molecule has 5 heteroatoms. The van der Waals surface area contributed by atoms with Gasteiger partial charge in [0.05, 0.1) is 27.8 Å². The summed E-state index contributed by atoms with van der Waals surface area (Å²) in [6, 6.07) is 55.9. The molecule has 5 nitrogen and oxygen atoms in total. The maximum atomic E-state index is 5.06. The van der Waals surface area contributed by atoms with Crippen LogP contribution in [0.15, 0.2) is 188 Å². The number of aromatic nitrogens is 5. The van der Waals surface area contributed by atoms with Crippen LogP contribution in [0.1, 0.15) is 37.3 Å². The van der Waals surface area contributed by atoms with Crippen LogP contribution in [-0.4, -0.2) is 24.1 Å². The number of nitrogens with zero attached hydrogens (tertiary/aromatic N) is 5. The van der Waals surface area contributed by atoms with Crippen LogP contribution < -0.4 is 0 Å². The Morgan fingerprint density at radius 1 is 0.371 bits per heavy atom. The summed E-state index contributed by atoms with van der Waals surface area (Å²) in [5.41, 5.74) is 10.2. The topological polar surface area (TPSA) is 48.5 Å². The molecule has 0 radical (unpaired) electrons. The Labute approximate surface area is 357 Å². The van der Waals surface area contributed by atoms with Gasteiger partial charge in [-0.15, -0.1) is 0 Å². The summed E-state index contributed by atoms with van der Waals surface area (Å²) in [6.07, 6.45) is 17.2. The van der Waals surface area contributed by atoms with E-state index in [0.29, 0.717) is 5.82 Å². The molecule has 2 aliphatic rings. The van der Waals surface area contributed by atoms with E-state index in [1.807, 2.05) is 0 Å². The number of hydrogen-bond donors (Lipinski definition) is 0. The fraction of sp³-hybridized carbons (Fsp3) is 0.0702. The van der Waals surface area contributed by atoms with Gasteiger partial charge in [-0.05, 0) is 89.7 Å². The van der Waals surface area contributed by atoms with E-state index in [1.165, 1.54) is 70.8 Å². The monoisotopic (exact) mass is 793 g/mol. The second-order valence-electron chi connectivity index (χ2n) is 16.6. The first-order chi connectivity index (χ1) is 30.7. The fourth-order valence-corrected chi connectivity index (χ4v) is 10.0. The molecular formula is C57H39N5. The first-order valence-electron chi connectivity index (χ1n) is 21.7. The van der Waals surface area contributed by atoms with E-state index >= 15 is 0 Å². The van der Waals surface area contributed by atoms with Gasteiger partial charge in [-0.2, -0.15) is 0 Å². The number of para-hydroxylation sites is 1. The van der Waals surface area contributed by atoms with Crippen LogP contribution >= 0.6 is 0 Å². The van der Waals surface area contributed by atoms with Crippen LogP contribution in [-0.2, 0) is 0 Å². The lowest BCUT2D eigenvalue weighted by molar-refractivity contribution is 0.975. The molecule has 8 aromatic carbocycles. The molecule has 0 fully saturated rings. The van der Waals surface area contributed by atoms with E-state index in [0.717, 1.165) is 70.5 Å². The molecule has 0 atom stereocenters. The molecule has 3 aromatic heterocycles. The predicted molar refractivity (Wildman–Crippen MR) is 259 cm³/mol. The van der Waals surface area contributed by atoms with Crippen LogP contribution in [0, 0.1) is 0 Å². The molecule has 11 aromatic rings. The zero-order valence-electron chi connectivity index (χ0n) is 34.0. The standard InChI is InChI=1S/C57H39N5/c1-3-16-38(17-4-1)55-58-56(39-18-5-2-6-19-39)60-57(59-55)42-27-26-41-33-43(30-28-40(41)32-42)61-51-24-12-11-23-46(51)48-34-49-47-31-29-37-15-8-10-22-45(37)54(47)62(53(49)35-52(48)61)50-25-13-20-36-14-7-9-21-44(36)50/h3,5,7-35H,1-2,4,6H2. The fourth-order valence-electron chi connectivity index (χ4n) is 10.0. The Kier molecular flexibility index (Phi) is 7.79. The van der Waals surface area contributed by atoms with Crippen molar-refractivity contribution < 1.29 is 0 Å². The van der Waals surface area contributed by atoms with Gasteiger partial charge in [0.2, 0.25) is 0 Å². The molecule has 13 rings (SSSR count). The number of allylic oxidation sites excluding steroid dienone is 8. The average Bonchev–Trinajstić information content (AvgIpc) is 3.85. The Morgan fingerprint density at radius 2 is 0.984 bits per heavy atom. The Hall–Kier alpha value is -7.89. The summed E-state index contributed by atoms with van der Waals surface area (Å²) in [4.78, 5) is 15.1. The van der Waals surface area contributed by atoms with E-state index in [-0.39, 0.29) is 0 Å². The Balaban J connectivity index is 1.01. The summed E-state index contributed by atoms with van der Waals surface area (Å²) in [7, 11) is 0. The van der Waals surface area contributed by atoms with Gasteiger partial charge in [0.15, 0.2) is 17.5 Å². The minimum Gasteiger partial charge on any atom is -0.309 e. The van der Waals surface area contributed by atoms with Crippen molar-refractivity contribution in [3.8, 4) is 22.8 Å². The molecule has 0 unspecified atom stereocenters. The summed E-state index contributed by atoms with van der Waals surface area (Å²) < 4.78 is 4.96. The van der Waals surface area contributed by atoms with Crippen LogP contribution in [0.25, 0.3) is 110 Å². The van der Waals surface area contributed by atoms with Gasteiger partial charge in [0.25, 0.3) is 0 Å². The van der Waals surface area contributed by atoms with Gasteiger partial charge in [0.1, 0.15) is 0 Å². The summed E-state index contributed by atoms with van der Waals surface area (Å²) >= 11 is 0. The predicted octanol–water partition coefficient (Wildman–Crippen LogP) is 14.7. The van der Waals surface area contributed by atoms with E-state index < -0.39 is 0 Å². The van der Waals surface area contributed by atoms with E-state index in [1.54, 1.807) is 0 Å². The molecule has 0 amide bonds. The largest absolute Gasteiger partial charge is 0.309 e. The average molecular weight is 794 g/mol. The minimum absolute atomic E-state index is 0.691. The number of fused-ring (bicyclic) bond motifs is 10. The van der Waals surface area contributed by atoms with Gasteiger partial charge in [-0.1, -0.05) is 146 Å². The van der Waals surface area contributed by atoms with Gasteiger partial charge in [-0.25, -0.2) is 15.0 Å².